The van der Waals surface area contributed by atoms with Gasteiger partial charge < -0.3 is 9.47 Å². The van der Waals surface area contributed by atoms with Gasteiger partial charge in [0.05, 0.1) is 12.2 Å². The predicted octanol–water partition coefficient (Wildman–Crippen LogP) is 5.98. The number of hydrogen-bond acceptors (Lipinski definition) is 4. The van der Waals surface area contributed by atoms with Crippen molar-refractivity contribution in [1.82, 2.24) is 9.78 Å². The molecule has 8 heteroatoms. The maximum atomic E-state index is 13.5. The van der Waals surface area contributed by atoms with Crippen molar-refractivity contribution in [3.05, 3.63) is 71.4 Å². The van der Waals surface area contributed by atoms with Crippen molar-refractivity contribution >= 4 is 5.97 Å². The second kappa shape index (κ2) is 9.68. The normalized spacial score (nSPS) is 15.3. The second-order valence-corrected chi connectivity index (χ2v) is 7.98. The number of fused-ring (bicyclic) bond motifs is 1. The molecule has 0 amide bonds. The van der Waals surface area contributed by atoms with Crippen molar-refractivity contribution in [3.63, 3.8) is 0 Å². The zero-order valence-corrected chi connectivity index (χ0v) is 18.3. The molecule has 0 N–H and O–H groups in total. The van der Waals surface area contributed by atoms with E-state index in [1.165, 1.54) is 0 Å². The molecule has 0 saturated carbocycles. The fourth-order valence-electron chi connectivity index (χ4n) is 4.00. The molecule has 0 bridgehead atoms. The summed E-state index contributed by atoms with van der Waals surface area (Å²) in [6, 6.07) is 15.3. The lowest BCUT2D eigenvalue weighted by Crippen LogP contribution is -2.18. The lowest BCUT2D eigenvalue weighted by Gasteiger charge is -2.14. The Morgan fingerprint density at radius 1 is 1.15 bits per heavy atom. The zero-order valence-electron chi connectivity index (χ0n) is 18.3. The number of esters is 1. The van der Waals surface area contributed by atoms with Gasteiger partial charge in [0, 0.05) is 12.0 Å². The molecule has 1 aromatic heterocycles. The summed E-state index contributed by atoms with van der Waals surface area (Å²) in [5, 5.41) is 4.16. The lowest BCUT2D eigenvalue weighted by atomic mass is 10.1. The number of aromatic nitrogens is 2. The van der Waals surface area contributed by atoms with Gasteiger partial charge in [-0.05, 0) is 48.6 Å². The Kier molecular flexibility index (Phi) is 6.72. The molecule has 4 rings (SSSR count). The Hall–Kier alpha value is -3.29. The van der Waals surface area contributed by atoms with Crippen LogP contribution in [-0.2, 0) is 28.7 Å². The van der Waals surface area contributed by atoms with Crippen LogP contribution in [0.4, 0.5) is 13.2 Å². The monoisotopic (exact) mass is 458 g/mol. The van der Waals surface area contributed by atoms with E-state index in [0.717, 1.165) is 41.1 Å². The van der Waals surface area contributed by atoms with E-state index in [9.17, 15) is 18.0 Å². The number of ether oxygens (including phenoxy) is 2. The molecule has 0 spiro atoms. The number of aryl methyl sites for hydroxylation is 1. The number of halogens is 3. The first-order valence-electron chi connectivity index (χ1n) is 11.0. The molecule has 0 fully saturated rings. The van der Waals surface area contributed by atoms with Gasteiger partial charge in [-0.15, -0.1) is 0 Å². The fourth-order valence-corrected chi connectivity index (χ4v) is 4.00. The molecule has 0 radical (unpaired) electrons. The molecule has 1 aliphatic rings. The van der Waals surface area contributed by atoms with E-state index in [2.05, 4.69) is 5.10 Å². The molecule has 3 aromatic rings. The van der Waals surface area contributed by atoms with Crippen LogP contribution >= 0.6 is 0 Å². The molecule has 0 aliphatic heterocycles. The van der Waals surface area contributed by atoms with E-state index in [1.807, 2.05) is 19.1 Å². The van der Waals surface area contributed by atoms with Gasteiger partial charge in [0.15, 0.2) is 0 Å². The average molecular weight is 458 g/mol. The topological polar surface area (TPSA) is 53.4 Å². The minimum Gasteiger partial charge on any atom is -0.492 e. The Labute approximate surface area is 190 Å². The van der Waals surface area contributed by atoms with Crippen LogP contribution in [0.2, 0.25) is 0 Å². The molecule has 5 nitrogen and oxygen atoms in total. The summed E-state index contributed by atoms with van der Waals surface area (Å²) in [5.41, 5.74) is 2.07. The maximum absolute atomic E-state index is 13.5. The number of carbonyl (C=O) groups is 1. The molecule has 0 saturated heterocycles. The van der Waals surface area contributed by atoms with Crippen LogP contribution in [0.3, 0.4) is 0 Å². The van der Waals surface area contributed by atoms with Gasteiger partial charge in [-0.2, -0.15) is 18.3 Å². The standard InChI is InChI=1S/C25H25F3N2O3/c1-2-6-24(31)33-22-12-9-18-15-19(10-11-20(18)22)32-14-13-30-23(25(26,27)28)16-21(29-30)17-7-4-3-5-8-17/h3-5,7-8,10-11,15-16,22H,2,6,9,12-14H2,1H3/t22-/m0/s1. The van der Waals surface area contributed by atoms with Crippen LogP contribution in [0.15, 0.2) is 54.6 Å². The average Bonchev–Trinajstić information content (AvgIpc) is 3.39. The highest BCUT2D eigenvalue weighted by Gasteiger charge is 2.36. The van der Waals surface area contributed by atoms with Gasteiger partial charge in [0.2, 0.25) is 0 Å². The van der Waals surface area contributed by atoms with E-state index in [1.54, 1.807) is 36.4 Å². The van der Waals surface area contributed by atoms with Crippen molar-refractivity contribution in [3.8, 4) is 17.0 Å². The number of carbonyl (C=O) groups excluding carboxylic acids is 1. The third-order valence-corrected chi connectivity index (χ3v) is 5.58. The first kappa shape index (κ1) is 22.9. The third kappa shape index (κ3) is 5.38. The molecule has 0 unspecified atom stereocenters. The van der Waals surface area contributed by atoms with E-state index < -0.39 is 11.9 Å². The number of nitrogens with zero attached hydrogens (tertiary/aromatic N) is 2. The summed E-state index contributed by atoms with van der Waals surface area (Å²) in [6.07, 6.45) is -2.15. The van der Waals surface area contributed by atoms with Crippen LogP contribution in [-0.4, -0.2) is 22.4 Å². The highest BCUT2D eigenvalue weighted by atomic mass is 19.4. The largest absolute Gasteiger partial charge is 0.492 e. The molecular weight excluding hydrogens is 433 g/mol. The summed E-state index contributed by atoms with van der Waals surface area (Å²) >= 11 is 0. The van der Waals surface area contributed by atoms with Crippen LogP contribution in [0.25, 0.3) is 11.3 Å². The Balaban J connectivity index is 1.42. The third-order valence-electron chi connectivity index (χ3n) is 5.58. The van der Waals surface area contributed by atoms with Gasteiger partial charge in [-0.3, -0.25) is 9.48 Å². The minimum absolute atomic E-state index is 0.0344. The second-order valence-electron chi connectivity index (χ2n) is 7.98. The molecule has 1 heterocycles. The fraction of sp³-hybridized carbons (Fsp3) is 0.360. The van der Waals surface area contributed by atoms with Crippen LogP contribution in [0.1, 0.15) is 49.1 Å². The Bertz CT molecular complexity index is 1110. The van der Waals surface area contributed by atoms with Gasteiger partial charge in [-0.1, -0.05) is 43.3 Å². The van der Waals surface area contributed by atoms with Crippen molar-refractivity contribution in [2.45, 2.75) is 51.4 Å². The first-order valence-corrected chi connectivity index (χ1v) is 11.0. The van der Waals surface area contributed by atoms with Gasteiger partial charge in [0.25, 0.3) is 0 Å². The Morgan fingerprint density at radius 2 is 1.94 bits per heavy atom. The van der Waals surface area contributed by atoms with Gasteiger partial charge in [0.1, 0.15) is 24.2 Å². The molecule has 1 aliphatic carbocycles. The zero-order chi connectivity index (χ0) is 23.4. The van der Waals surface area contributed by atoms with Gasteiger partial charge in [-0.25, -0.2) is 0 Å². The summed E-state index contributed by atoms with van der Waals surface area (Å²) < 4.78 is 52.8. The van der Waals surface area contributed by atoms with Crippen LogP contribution in [0, 0.1) is 0 Å². The minimum atomic E-state index is -4.52. The highest BCUT2D eigenvalue weighted by molar-refractivity contribution is 5.69. The molecule has 33 heavy (non-hydrogen) atoms. The maximum Gasteiger partial charge on any atom is 0.433 e. The lowest BCUT2D eigenvalue weighted by molar-refractivity contribution is -0.149. The van der Waals surface area contributed by atoms with Crippen molar-refractivity contribution in [2.24, 2.45) is 0 Å². The summed E-state index contributed by atoms with van der Waals surface area (Å²) in [7, 11) is 0. The van der Waals surface area contributed by atoms with E-state index in [4.69, 9.17) is 9.47 Å². The molecule has 2 aromatic carbocycles. The number of alkyl halides is 3. The van der Waals surface area contributed by atoms with Crippen molar-refractivity contribution in [1.29, 1.82) is 0 Å². The number of rotatable bonds is 8. The van der Waals surface area contributed by atoms with Crippen LogP contribution < -0.4 is 4.74 Å². The molecular formula is C25H25F3N2O3. The summed E-state index contributed by atoms with van der Waals surface area (Å²) in [6.45, 7) is 1.92. The smallest absolute Gasteiger partial charge is 0.433 e. The highest BCUT2D eigenvalue weighted by Crippen LogP contribution is 2.36. The SMILES string of the molecule is CCCC(=O)O[C@H]1CCc2cc(OCCn3nc(-c4ccccc4)cc3C(F)(F)F)ccc21. The molecule has 174 valence electrons. The number of hydrogen-bond donors (Lipinski definition) is 0. The van der Waals surface area contributed by atoms with E-state index >= 15 is 0 Å². The predicted molar refractivity (Wildman–Crippen MR) is 117 cm³/mol. The quantitative estimate of drug-likeness (QED) is 0.390. The summed E-state index contributed by atoms with van der Waals surface area (Å²) in [4.78, 5) is 11.8. The van der Waals surface area contributed by atoms with E-state index in [-0.39, 0.29) is 30.9 Å². The van der Waals surface area contributed by atoms with E-state index in [0.29, 0.717) is 17.7 Å². The van der Waals surface area contributed by atoms with Crippen LogP contribution in [0.5, 0.6) is 5.75 Å². The van der Waals surface area contributed by atoms with Crippen molar-refractivity contribution in [2.75, 3.05) is 6.61 Å². The number of benzene rings is 2. The summed E-state index contributed by atoms with van der Waals surface area (Å²) in [5.74, 6) is 0.364. The van der Waals surface area contributed by atoms with Gasteiger partial charge >= 0.3 is 12.1 Å². The first-order chi connectivity index (χ1) is 15.8. The van der Waals surface area contributed by atoms with Crippen molar-refractivity contribution < 1.29 is 27.4 Å². The Morgan fingerprint density at radius 3 is 2.67 bits per heavy atom. The molecule has 1 atom stereocenters.